The van der Waals surface area contributed by atoms with Crippen molar-refractivity contribution in [2.24, 2.45) is 11.7 Å². The Labute approximate surface area is 121 Å². The van der Waals surface area contributed by atoms with Crippen LogP contribution in [0.1, 0.15) is 43.7 Å². The summed E-state index contributed by atoms with van der Waals surface area (Å²) in [5.41, 5.74) is 7.01. The molecule has 1 aliphatic carbocycles. The van der Waals surface area contributed by atoms with Crippen LogP contribution in [0.15, 0.2) is 22.7 Å². The van der Waals surface area contributed by atoms with Gasteiger partial charge in [-0.15, -0.1) is 0 Å². The molecule has 2 fully saturated rings. The summed E-state index contributed by atoms with van der Waals surface area (Å²) in [6, 6.07) is 4.79. The molecule has 104 valence electrons. The van der Waals surface area contributed by atoms with E-state index in [9.17, 15) is 4.39 Å². The predicted molar refractivity (Wildman–Crippen MR) is 76.3 cm³/mol. The third-order valence-corrected chi connectivity index (χ3v) is 5.33. The second-order valence-electron chi connectivity index (χ2n) is 5.80. The highest BCUT2D eigenvalue weighted by Crippen LogP contribution is 2.47. The zero-order valence-corrected chi connectivity index (χ0v) is 12.5. The average molecular weight is 328 g/mol. The third-order valence-electron chi connectivity index (χ3n) is 4.64. The molecule has 2 nitrogen and oxygen atoms in total. The van der Waals surface area contributed by atoms with Gasteiger partial charge < -0.3 is 10.5 Å². The molecule has 1 saturated heterocycles. The van der Waals surface area contributed by atoms with Crippen LogP contribution in [-0.4, -0.2) is 12.2 Å². The Morgan fingerprint density at radius 3 is 2.84 bits per heavy atom. The average Bonchev–Trinajstić information content (AvgIpc) is 2.37. The van der Waals surface area contributed by atoms with Gasteiger partial charge in [-0.1, -0.05) is 22.0 Å². The predicted octanol–water partition coefficient (Wildman–Crippen LogP) is 3.94. The number of ether oxygens (including phenoxy) is 1. The molecule has 1 saturated carbocycles. The SMILES string of the molecule is NC(c1c(F)cccc1Br)C1CCOC2(CCC2)C1. The van der Waals surface area contributed by atoms with Gasteiger partial charge in [0.15, 0.2) is 0 Å². The number of benzene rings is 1. The van der Waals surface area contributed by atoms with E-state index in [-0.39, 0.29) is 17.5 Å². The molecule has 2 unspecified atom stereocenters. The lowest BCUT2D eigenvalue weighted by Crippen LogP contribution is -2.47. The summed E-state index contributed by atoms with van der Waals surface area (Å²) in [7, 11) is 0. The minimum atomic E-state index is -0.253. The quantitative estimate of drug-likeness (QED) is 0.892. The summed E-state index contributed by atoms with van der Waals surface area (Å²) < 4.78 is 20.7. The Kier molecular flexibility index (Phi) is 3.67. The van der Waals surface area contributed by atoms with Crippen LogP contribution in [0.2, 0.25) is 0 Å². The molecule has 2 aliphatic rings. The van der Waals surface area contributed by atoms with Crippen molar-refractivity contribution in [3.8, 4) is 0 Å². The molecule has 0 amide bonds. The van der Waals surface area contributed by atoms with Gasteiger partial charge in [-0.3, -0.25) is 0 Å². The zero-order valence-electron chi connectivity index (χ0n) is 10.9. The van der Waals surface area contributed by atoms with Gasteiger partial charge in [0.05, 0.1) is 5.60 Å². The largest absolute Gasteiger partial charge is 0.375 e. The summed E-state index contributed by atoms with van der Waals surface area (Å²) in [5.74, 6) is 0.0956. The van der Waals surface area contributed by atoms with Crippen molar-refractivity contribution in [2.75, 3.05) is 6.61 Å². The van der Waals surface area contributed by atoms with Crippen LogP contribution in [0.25, 0.3) is 0 Å². The van der Waals surface area contributed by atoms with Gasteiger partial charge in [0.2, 0.25) is 0 Å². The minimum absolute atomic E-state index is 0.0538. The number of hydrogen-bond acceptors (Lipinski definition) is 2. The second-order valence-corrected chi connectivity index (χ2v) is 6.65. The fourth-order valence-electron chi connectivity index (χ4n) is 3.36. The molecule has 1 aliphatic heterocycles. The summed E-state index contributed by atoms with van der Waals surface area (Å²) in [5, 5.41) is 0. The topological polar surface area (TPSA) is 35.2 Å². The van der Waals surface area contributed by atoms with E-state index in [1.807, 2.05) is 6.07 Å². The first-order chi connectivity index (χ1) is 9.11. The van der Waals surface area contributed by atoms with Gasteiger partial charge in [-0.2, -0.15) is 0 Å². The Hall–Kier alpha value is -0.450. The Bertz CT molecular complexity index is 455. The molecule has 2 atom stereocenters. The molecule has 1 heterocycles. The van der Waals surface area contributed by atoms with Crippen molar-refractivity contribution in [1.29, 1.82) is 0 Å². The summed E-state index contributed by atoms with van der Waals surface area (Å²) in [4.78, 5) is 0. The van der Waals surface area contributed by atoms with Crippen molar-refractivity contribution in [1.82, 2.24) is 0 Å². The maximum atomic E-state index is 14.0. The third kappa shape index (κ3) is 2.46. The summed E-state index contributed by atoms with van der Waals surface area (Å²) >= 11 is 3.42. The lowest BCUT2D eigenvalue weighted by molar-refractivity contribution is -0.146. The summed E-state index contributed by atoms with van der Waals surface area (Å²) in [6.45, 7) is 0.754. The van der Waals surface area contributed by atoms with Crippen molar-refractivity contribution in [3.05, 3.63) is 34.1 Å². The fraction of sp³-hybridized carbons (Fsp3) is 0.600. The van der Waals surface area contributed by atoms with E-state index in [1.54, 1.807) is 6.07 Å². The first-order valence-electron chi connectivity index (χ1n) is 6.95. The Morgan fingerprint density at radius 2 is 2.21 bits per heavy atom. The Morgan fingerprint density at radius 1 is 1.42 bits per heavy atom. The molecule has 1 spiro atoms. The number of halogens is 2. The number of rotatable bonds is 2. The maximum Gasteiger partial charge on any atom is 0.129 e. The molecular weight excluding hydrogens is 309 g/mol. The molecule has 0 aromatic heterocycles. The van der Waals surface area contributed by atoms with E-state index < -0.39 is 0 Å². The van der Waals surface area contributed by atoms with Crippen molar-refractivity contribution >= 4 is 15.9 Å². The van der Waals surface area contributed by atoms with Crippen molar-refractivity contribution in [2.45, 2.75) is 43.7 Å². The molecule has 19 heavy (non-hydrogen) atoms. The molecule has 1 aromatic rings. The number of nitrogens with two attached hydrogens (primary N) is 1. The maximum absolute atomic E-state index is 14.0. The summed E-state index contributed by atoms with van der Waals surface area (Å²) in [6.07, 6.45) is 5.40. The van der Waals surface area contributed by atoms with E-state index in [4.69, 9.17) is 10.5 Å². The van der Waals surface area contributed by atoms with Gasteiger partial charge in [0.25, 0.3) is 0 Å². The van der Waals surface area contributed by atoms with E-state index in [0.717, 1.165) is 36.8 Å². The monoisotopic (exact) mass is 327 g/mol. The van der Waals surface area contributed by atoms with Crippen molar-refractivity contribution < 1.29 is 9.13 Å². The molecule has 1 aromatic carbocycles. The van der Waals surface area contributed by atoms with Gasteiger partial charge in [-0.05, 0) is 50.2 Å². The van der Waals surface area contributed by atoms with Gasteiger partial charge in [0.1, 0.15) is 5.82 Å². The number of hydrogen-bond donors (Lipinski definition) is 1. The van der Waals surface area contributed by atoms with Gasteiger partial charge in [-0.25, -0.2) is 4.39 Å². The van der Waals surface area contributed by atoms with Crippen LogP contribution in [0.4, 0.5) is 4.39 Å². The first kappa shape index (κ1) is 13.5. The molecule has 0 bridgehead atoms. The highest BCUT2D eigenvalue weighted by Gasteiger charge is 2.44. The smallest absolute Gasteiger partial charge is 0.129 e. The van der Waals surface area contributed by atoms with E-state index >= 15 is 0 Å². The van der Waals surface area contributed by atoms with Crippen LogP contribution in [-0.2, 0) is 4.74 Å². The standard InChI is InChI=1S/C15H19BrFNO/c16-11-3-1-4-12(17)13(11)14(18)10-5-8-19-15(9-10)6-2-7-15/h1,3-4,10,14H,2,5-9,18H2. The molecule has 2 N–H and O–H groups in total. The van der Waals surface area contributed by atoms with Crippen LogP contribution in [0, 0.1) is 11.7 Å². The molecular formula is C15H19BrFNO. The normalized spacial score (nSPS) is 27.0. The van der Waals surface area contributed by atoms with Crippen LogP contribution in [0.3, 0.4) is 0 Å². The molecule has 0 radical (unpaired) electrons. The van der Waals surface area contributed by atoms with Crippen LogP contribution >= 0.6 is 15.9 Å². The second kappa shape index (κ2) is 5.15. The van der Waals surface area contributed by atoms with Gasteiger partial charge >= 0.3 is 0 Å². The van der Waals surface area contributed by atoms with Crippen LogP contribution in [0.5, 0.6) is 0 Å². The van der Waals surface area contributed by atoms with Crippen molar-refractivity contribution in [3.63, 3.8) is 0 Å². The zero-order chi connectivity index (χ0) is 13.5. The highest BCUT2D eigenvalue weighted by atomic mass is 79.9. The molecule has 4 heteroatoms. The van der Waals surface area contributed by atoms with E-state index in [1.165, 1.54) is 12.5 Å². The first-order valence-corrected chi connectivity index (χ1v) is 7.74. The van der Waals surface area contributed by atoms with E-state index in [0.29, 0.717) is 11.5 Å². The molecule has 3 rings (SSSR count). The fourth-order valence-corrected chi connectivity index (χ4v) is 3.96. The Balaban J connectivity index is 1.81. The van der Waals surface area contributed by atoms with Crippen LogP contribution < -0.4 is 5.73 Å². The van der Waals surface area contributed by atoms with Gasteiger partial charge in [0, 0.05) is 22.7 Å². The lowest BCUT2D eigenvalue weighted by atomic mass is 9.70. The van der Waals surface area contributed by atoms with E-state index in [2.05, 4.69) is 15.9 Å². The minimum Gasteiger partial charge on any atom is -0.375 e. The highest BCUT2D eigenvalue weighted by molar-refractivity contribution is 9.10. The lowest BCUT2D eigenvalue weighted by Gasteiger charge is -2.48.